The standard InChI is InChI=1S/C10H10ClO/c1-2-3-8-12-10-6-4-9(11)5-7-10/h1-2,4-7H,3,8H2. The Labute approximate surface area is 77.6 Å². The molecule has 0 N–H and O–H groups in total. The molecule has 0 atom stereocenters. The molecule has 0 bridgehead atoms. The molecule has 0 aliphatic rings. The van der Waals surface area contributed by atoms with Gasteiger partial charge < -0.3 is 4.74 Å². The van der Waals surface area contributed by atoms with E-state index in [4.69, 9.17) is 22.9 Å². The Morgan fingerprint density at radius 2 is 2.00 bits per heavy atom. The molecule has 0 heterocycles. The van der Waals surface area contributed by atoms with Gasteiger partial charge in [-0.05, 0) is 30.7 Å². The molecule has 1 aromatic carbocycles. The van der Waals surface area contributed by atoms with Crippen molar-refractivity contribution in [3.63, 3.8) is 0 Å². The number of hydrogen-bond acceptors (Lipinski definition) is 1. The summed E-state index contributed by atoms with van der Waals surface area (Å²) in [6.07, 6.45) is 2.33. The number of ether oxygens (including phenoxy) is 1. The van der Waals surface area contributed by atoms with Crippen LogP contribution in [0.1, 0.15) is 6.42 Å². The van der Waals surface area contributed by atoms with Crippen molar-refractivity contribution in [2.75, 3.05) is 6.61 Å². The normalized spacial score (nSPS) is 9.42. The van der Waals surface area contributed by atoms with Crippen molar-refractivity contribution in [2.24, 2.45) is 0 Å². The minimum Gasteiger partial charge on any atom is -0.493 e. The molecule has 0 aliphatic heterocycles. The maximum Gasteiger partial charge on any atom is 0.119 e. The molecule has 1 rings (SSSR count). The van der Waals surface area contributed by atoms with Crippen molar-refractivity contribution >= 4 is 11.6 Å². The van der Waals surface area contributed by atoms with Crippen LogP contribution < -0.4 is 4.74 Å². The van der Waals surface area contributed by atoms with Gasteiger partial charge in [-0.2, -0.15) is 0 Å². The van der Waals surface area contributed by atoms with E-state index in [1.807, 2.05) is 12.1 Å². The summed E-state index contributed by atoms with van der Waals surface area (Å²) in [5.41, 5.74) is 0. The summed E-state index contributed by atoms with van der Waals surface area (Å²) in [5.74, 6) is 0.821. The molecule has 1 radical (unpaired) electrons. The first-order valence-corrected chi connectivity index (χ1v) is 4.12. The molecule has 1 nitrogen and oxygen atoms in total. The molecular weight excluding hydrogens is 172 g/mol. The van der Waals surface area contributed by atoms with Crippen LogP contribution in [0.25, 0.3) is 0 Å². The molecule has 0 aliphatic carbocycles. The van der Waals surface area contributed by atoms with Crippen LogP contribution in [0.5, 0.6) is 5.75 Å². The van der Waals surface area contributed by atoms with E-state index in [9.17, 15) is 0 Å². The molecule has 0 fully saturated rings. The second-order valence-electron chi connectivity index (χ2n) is 2.33. The van der Waals surface area contributed by atoms with Gasteiger partial charge in [0.1, 0.15) is 5.75 Å². The highest BCUT2D eigenvalue weighted by Gasteiger charge is 1.91. The fourth-order valence-corrected chi connectivity index (χ4v) is 0.902. The van der Waals surface area contributed by atoms with Gasteiger partial charge in [0.2, 0.25) is 0 Å². The van der Waals surface area contributed by atoms with Crippen molar-refractivity contribution in [3.8, 4) is 5.75 Å². The maximum atomic E-state index is 5.69. The quantitative estimate of drug-likeness (QED) is 0.649. The van der Waals surface area contributed by atoms with Crippen LogP contribution in [0.2, 0.25) is 5.02 Å². The van der Waals surface area contributed by atoms with E-state index in [0.29, 0.717) is 11.6 Å². The Bertz CT molecular complexity index is 241. The minimum atomic E-state index is 0.609. The van der Waals surface area contributed by atoms with E-state index in [1.54, 1.807) is 18.2 Å². The molecule has 0 saturated heterocycles. The average molecular weight is 182 g/mol. The zero-order valence-corrected chi connectivity index (χ0v) is 7.42. The summed E-state index contributed by atoms with van der Waals surface area (Å²) in [5, 5.41) is 0.715. The Hall–Kier alpha value is -0.950. The SMILES string of the molecule is [CH]=CCCOc1ccc(Cl)cc1. The average Bonchev–Trinajstić information content (AvgIpc) is 2.09. The Kier molecular flexibility index (Phi) is 3.68. The maximum absolute atomic E-state index is 5.69. The Morgan fingerprint density at radius 1 is 1.33 bits per heavy atom. The lowest BCUT2D eigenvalue weighted by molar-refractivity contribution is 0.325. The van der Waals surface area contributed by atoms with Gasteiger partial charge in [0.05, 0.1) is 6.61 Å². The Morgan fingerprint density at radius 3 is 2.58 bits per heavy atom. The van der Waals surface area contributed by atoms with Gasteiger partial charge in [-0.1, -0.05) is 24.3 Å². The van der Waals surface area contributed by atoms with Crippen LogP contribution in [-0.4, -0.2) is 6.61 Å². The van der Waals surface area contributed by atoms with Gasteiger partial charge in [-0.15, -0.1) is 0 Å². The predicted molar refractivity (Wildman–Crippen MR) is 50.4 cm³/mol. The fraction of sp³-hybridized carbons (Fsp3) is 0.200. The number of hydrogen-bond donors (Lipinski definition) is 0. The van der Waals surface area contributed by atoms with Gasteiger partial charge in [0.25, 0.3) is 0 Å². The lowest BCUT2D eigenvalue weighted by atomic mass is 10.3. The van der Waals surface area contributed by atoms with Crippen LogP contribution in [0.15, 0.2) is 30.3 Å². The number of rotatable bonds is 4. The van der Waals surface area contributed by atoms with E-state index in [2.05, 4.69) is 0 Å². The van der Waals surface area contributed by atoms with Gasteiger partial charge in [-0.25, -0.2) is 0 Å². The minimum absolute atomic E-state index is 0.609. The van der Waals surface area contributed by atoms with Crippen LogP contribution in [-0.2, 0) is 0 Å². The van der Waals surface area contributed by atoms with Gasteiger partial charge in [0, 0.05) is 5.02 Å². The van der Waals surface area contributed by atoms with Crippen molar-refractivity contribution in [1.29, 1.82) is 0 Å². The highest BCUT2D eigenvalue weighted by Crippen LogP contribution is 2.15. The second-order valence-corrected chi connectivity index (χ2v) is 2.76. The highest BCUT2D eigenvalue weighted by atomic mass is 35.5. The molecule has 0 saturated carbocycles. The largest absolute Gasteiger partial charge is 0.493 e. The Balaban J connectivity index is 2.42. The topological polar surface area (TPSA) is 9.23 Å². The van der Waals surface area contributed by atoms with E-state index in [-0.39, 0.29) is 0 Å². The smallest absolute Gasteiger partial charge is 0.119 e. The van der Waals surface area contributed by atoms with Crippen LogP contribution in [0.3, 0.4) is 0 Å². The number of benzene rings is 1. The third-order valence-corrected chi connectivity index (χ3v) is 1.62. The van der Waals surface area contributed by atoms with Crippen LogP contribution in [0, 0.1) is 6.58 Å². The summed E-state index contributed by atoms with van der Waals surface area (Å²) in [4.78, 5) is 0. The van der Waals surface area contributed by atoms with E-state index >= 15 is 0 Å². The van der Waals surface area contributed by atoms with Crippen molar-refractivity contribution in [2.45, 2.75) is 6.42 Å². The summed E-state index contributed by atoms with van der Waals surface area (Å²) < 4.78 is 5.33. The molecular formula is C10H10ClO. The monoisotopic (exact) mass is 181 g/mol. The highest BCUT2D eigenvalue weighted by molar-refractivity contribution is 6.30. The zero-order chi connectivity index (χ0) is 8.81. The van der Waals surface area contributed by atoms with Crippen LogP contribution in [0.4, 0.5) is 0 Å². The lowest BCUT2D eigenvalue weighted by Crippen LogP contribution is -1.94. The number of halogens is 1. The van der Waals surface area contributed by atoms with E-state index in [1.165, 1.54) is 0 Å². The molecule has 12 heavy (non-hydrogen) atoms. The zero-order valence-electron chi connectivity index (χ0n) is 6.66. The van der Waals surface area contributed by atoms with Crippen molar-refractivity contribution in [3.05, 3.63) is 41.9 Å². The first-order chi connectivity index (χ1) is 5.83. The van der Waals surface area contributed by atoms with Gasteiger partial charge >= 0.3 is 0 Å². The van der Waals surface area contributed by atoms with Crippen molar-refractivity contribution < 1.29 is 4.74 Å². The molecule has 0 aromatic heterocycles. The summed E-state index contributed by atoms with van der Waals surface area (Å²) in [6, 6.07) is 7.25. The van der Waals surface area contributed by atoms with E-state index in [0.717, 1.165) is 12.2 Å². The second kappa shape index (κ2) is 4.83. The molecule has 0 spiro atoms. The van der Waals surface area contributed by atoms with E-state index < -0.39 is 0 Å². The first-order valence-electron chi connectivity index (χ1n) is 3.74. The molecule has 63 valence electrons. The van der Waals surface area contributed by atoms with Gasteiger partial charge in [-0.3, -0.25) is 0 Å². The third-order valence-electron chi connectivity index (χ3n) is 1.37. The molecule has 0 unspecified atom stereocenters. The third kappa shape index (κ3) is 2.97. The van der Waals surface area contributed by atoms with Gasteiger partial charge in [0.15, 0.2) is 0 Å². The molecule has 0 amide bonds. The summed E-state index contributed by atoms with van der Waals surface area (Å²) in [7, 11) is 0. The van der Waals surface area contributed by atoms with Crippen LogP contribution >= 0.6 is 11.6 Å². The molecule has 2 heteroatoms. The molecule has 1 aromatic rings. The fourth-order valence-electron chi connectivity index (χ4n) is 0.776. The lowest BCUT2D eigenvalue weighted by Gasteiger charge is -2.03. The summed E-state index contributed by atoms with van der Waals surface area (Å²) >= 11 is 5.69. The predicted octanol–water partition coefficient (Wildman–Crippen LogP) is 3.10. The first kappa shape index (κ1) is 9.14. The summed E-state index contributed by atoms with van der Waals surface area (Å²) in [6.45, 7) is 5.80. The van der Waals surface area contributed by atoms with Crippen molar-refractivity contribution in [1.82, 2.24) is 0 Å².